The van der Waals surface area contributed by atoms with Crippen LogP contribution in [-0.4, -0.2) is 29.0 Å². The molecule has 132 valence electrons. The van der Waals surface area contributed by atoms with Gasteiger partial charge in [0.05, 0.1) is 12.2 Å². The molecule has 0 N–H and O–H groups in total. The number of rotatable bonds is 4. The molecule has 1 aromatic rings. The Morgan fingerprint density at radius 1 is 1.40 bits per heavy atom. The summed E-state index contributed by atoms with van der Waals surface area (Å²) >= 11 is 1.54. The molecule has 1 aromatic heterocycles. The van der Waals surface area contributed by atoms with Crippen molar-refractivity contribution in [1.82, 2.24) is 4.98 Å². The number of ether oxygens (including phenoxy) is 1. The Kier molecular flexibility index (Phi) is 4.18. The Morgan fingerprint density at radius 2 is 2.24 bits per heavy atom. The Balaban J connectivity index is 1.51. The fraction of sp³-hybridized carbons (Fsp3) is 0.579. The summed E-state index contributed by atoms with van der Waals surface area (Å²) in [6, 6.07) is 3.43. The maximum absolute atomic E-state index is 12.6. The van der Waals surface area contributed by atoms with Crippen molar-refractivity contribution in [1.29, 1.82) is 0 Å². The van der Waals surface area contributed by atoms with Gasteiger partial charge in [0, 0.05) is 6.20 Å². The first kappa shape index (κ1) is 16.8. The van der Waals surface area contributed by atoms with Crippen LogP contribution < -0.4 is 0 Å². The SMILES string of the molecule is COC(=O)c1cc(C2(C)SC(CC3CC4CCC3C4)=NC2=O)ccn1. The smallest absolute Gasteiger partial charge is 0.356 e. The van der Waals surface area contributed by atoms with E-state index in [1.165, 1.54) is 44.6 Å². The van der Waals surface area contributed by atoms with Gasteiger partial charge in [0.15, 0.2) is 0 Å². The Bertz CT molecular complexity index is 763. The number of hydrogen-bond acceptors (Lipinski definition) is 5. The predicted molar refractivity (Wildman–Crippen MR) is 96.5 cm³/mol. The molecule has 4 unspecified atom stereocenters. The number of aromatic nitrogens is 1. The number of nitrogens with zero attached hydrogens (tertiary/aromatic N) is 2. The zero-order chi connectivity index (χ0) is 17.6. The summed E-state index contributed by atoms with van der Waals surface area (Å²) in [5, 5.41) is 0.946. The number of carbonyl (C=O) groups is 2. The number of methoxy groups -OCH3 is 1. The maximum Gasteiger partial charge on any atom is 0.356 e. The minimum Gasteiger partial charge on any atom is -0.464 e. The predicted octanol–water partition coefficient (Wildman–Crippen LogP) is 3.58. The third kappa shape index (κ3) is 2.90. The molecule has 2 bridgehead atoms. The second-order valence-electron chi connectivity index (χ2n) is 7.51. The van der Waals surface area contributed by atoms with Crippen molar-refractivity contribution in [3.05, 3.63) is 29.6 Å². The summed E-state index contributed by atoms with van der Waals surface area (Å²) in [4.78, 5) is 32.8. The number of thioether (sulfide) groups is 1. The van der Waals surface area contributed by atoms with Crippen LogP contribution in [0, 0.1) is 17.8 Å². The zero-order valence-corrected chi connectivity index (χ0v) is 15.3. The minimum absolute atomic E-state index is 0.141. The molecule has 0 spiro atoms. The van der Waals surface area contributed by atoms with E-state index in [0.717, 1.165) is 28.9 Å². The normalized spacial score (nSPS) is 33.6. The van der Waals surface area contributed by atoms with Crippen LogP contribution in [0.5, 0.6) is 0 Å². The molecule has 2 fully saturated rings. The number of hydrogen-bond donors (Lipinski definition) is 0. The van der Waals surface area contributed by atoms with E-state index >= 15 is 0 Å². The number of carbonyl (C=O) groups excluding carboxylic acids is 2. The average molecular weight is 358 g/mol. The van der Waals surface area contributed by atoms with Crippen molar-refractivity contribution in [2.24, 2.45) is 22.7 Å². The van der Waals surface area contributed by atoms with Gasteiger partial charge in [0.1, 0.15) is 10.4 Å². The fourth-order valence-electron chi connectivity index (χ4n) is 4.59. The van der Waals surface area contributed by atoms with Gasteiger partial charge in [0.25, 0.3) is 5.91 Å². The molecule has 25 heavy (non-hydrogen) atoms. The maximum atomic E-state index is 12.6. The highest BCUT2D eigenvalue weighted by molar-refractivity contribution is 8.15. The van der Waals surface area contributed by atoms with Crippen LogP contribution in [-0.2, 0) is 14.3 Å². The number of pyridine rings is 1. The Labute approximate surface area is 151 Å². The van der Waals surface area contributed by atoms with Gasteiger partial charge in [-0.2, -0.15) is 0 Å². The van der Waals surface area contributed by atoms with Gasteiger partial charge in [-0.25, -0.2) is 14.8 Å². The van der Waals surface area contributed by atoms with Crippen LogP contribution >= 0.6 is 11.8 Å². The van der Waals surface area contributed by atoms with Crippen LogP contribution in [0.3, 0.4) is 0 Å². The minimum atomic E-state index is -0.779. The number of amides is 1. The van der Waals surface area contributed by atoms with E-state index in [9.17, 15) is 9.59 Å². The molecule has 0 radical (unpaired) electrons. The summed E-state index contributed by atoms with van der Waals surface area (Å²) in [6.45, 7) is 1.88. The molecule has 5 nitrogen and oxygen atoms in total. The lowest BCUT2D eigenvalue weighted by atomic mass is 9.87. The van der Waals surface area contributed by atoms with Crippen molar-refractivity contribution in [3.63, 3.8) is 0 Å². The molecule has 1 amide bonds. The lowest BCUT2D eigenvalue weighted by Gasteiger charge is -2.23. The zero-order valence-electron chi connectivity index (χ0n) is 14.5. The van der Waals surface area contributed by atoms with Gasteiger partial charge < -0.3 is 4.74 Å². The summed E-state index contributed by atoms with van der Waals surface area (Å²) in [5.41, 5.74) is 0.973. The van der Waals surface area contributed by atoms with Crippen molar-refractivity contribution in [2.45, 2.75) is 43.8 Å². The van der Waals surface area contributed by atoms with Gasteiger partial charge >= 0.3 is 5.97 Å². The first-order valence-electron chi connectivity index (χ1n) is 8.85. The van der Waals surface area contributed by atoms with Gasteiger partial charge in [-0.3, -0.25) is 4.79 Å². The van der Waals surface area contributed by atoms with E-state index in [1.54, 1.807) is 18.3 Å². The molecule has 0 saturated heterocycles. The largest absolute Gasteiger partial charge is 0.464 e. The van der Waals surface area contributed by atoms with Crippen LogP contribution in [0.15, 0.2) is 23.3 Å². The van der Waals surface area contributed by atoms with E-state index in [-0.39, 0.29) is 11.6 Å². The fourth-order valence-corrected chi connectivity index (χ4v) is 5.86. The van der Waals surface area contributed by atoms with Crippen molar-refractivity contribution < 1.29 is 14.3 Å². The molecule has 0 aromatic carbocycles. The van der Waals surface area contributed by atoms with E-state index in [2.05, 4.69) is 9.98 Å². The summed E-state index contributed by atoms with van der Waals surface area (Å²) in [5.74, 6) is 1.76. The van der Waals surface area contributed by atoms with Gasteiger partial charge in [-0.05, 0) is 68.1 Å². The van der Waals surface area contributed by atoms with Crippen molar-refractivity contribution in [2.75, 3.05) is 7.11 Å². The molecule has 1 aliphatic heterocycles. The first-order valence-corrected chi connectivity index (χ1v) is 9.67. The van der Waals surface area contributed by atoms with E-state index < -0.39 is 10.7 Å². The first-order chi connectivity index (χ1) is 12.0. The molecule has 4 rings (SSSR count). The van der Waals surface area contributed by atoms with Gasteiger partial charge in [-0.15, -0.1) is 0 Å². The third-order valence-electron chi connectivity index (χ3n) is 5.98. The van der Waals surface area contributed by atoms with Crippen LogP contribution in [0.4, 0.5) is 0 Å². The van der Waals surface area contributed by atoms with Crippen molar-refractivity contribution >= 4 is 28.7 Å². The molecule has 2 saturated carbocycles. The highest BCUT2D eigenvalue weighted by atomic mass is 32.2. The molecule has 2 heterocycles. The number of esters is 1. The lowest BCUT2D eigenvalue weighted by molar-refractivity contribution is -0.119. The molecule has 2 aliphatic carbocycles. The number of fused-ring (bicyclic) bond motifs is 2. The van der Waals surface area contributed by atoms with Crippen LogP contribution in [0.1, 0.15) is 55.1 Å². The molecular weight excluding hydrogens is 336 g/mol. The summed E-state index contributed by atoms with van der Waals surface area (Å²) < 4.78 is 3.95. The van der Waals surface area contributed by atoms with Gasteiger partial charge in [-0.1, -0.05) is 18.2 Å². The Hall–Kier alpha value is -1.69. The average Bonchev–Trinajstić information content (AvgIpc) is 3.30. The highest BCUT2D eigenvalue weighted by Crippen LogP contribution is 2.52. The third-order valence-corrected chi connectivity index (χ3v) is 7.30. The van der Waals surface area contributed by atoms with Crippen LogP contribution in [0.25, 0.3) is 0 Å². The van der Waals surface area contributed by atoms with E-state index in [0.29, 0.717) is 5.92 Å². The second-order valence-corrected chi connectivity index (χ2v) is 9.00. The Morgan fingerprint density at radius 3 is 2.92 bits per heavy atom. The van der Waals surface area contributed by atoms with E-state index in [1.807, 2.05) is 6.92 Å². The summed E-state index contributed by atoms with van der Waals surface area (Å²) in [6.07, 6.45) is 7.84. The second kappa shape index (κ2) is 6.24. The molecule has 4 atom stereocenters. The topological polar surface area (TPSA) is 68.6 Å². The summed E-state index contributed by atoms with van der Waals surface area (Å²) in [7, 11) is 1.32. The monoisotopic (exact) mass is 358 g/mol. The lowest BCUT2D eigenvalue weighted by Crippen LogP contribution is -2.25. The molecular formula is C19H22N2O3S. The molecule has 3 aliphatic rings. The van der Waals surface area contributed by atoms with Gasteiger partial charge in [0.2, 0.25) is 0 Å². The highest BCUT2D eigenvalue weighted by Gasteiger charge is 2.45. The van der Waals surface area contributed by atoms with Crippen LogP contribution in [0.2, 0.25) is 0 Å². The number of aliphatic imine (C=N–C) groups is 1. The standard InChI is InChI=1S/C19H22N2O3S/c1-19(14-5-6-20-15(10-14)17(22)24-2)18(23)21-16(25-19)9-13-8-11-3-4-12(13)7-11/h5-6,10-13H,3-4,7-9H2,1-2H3. The van der Waals surface area contributed by atoms with E-state index in [4.69, 9.17) is 4.74 Å². The molecule has 6 heteroatoms. The quantitative estimate of drug-likeness (QED) is 0.770. The van der Waals surface area contributed by atoms with Crippen molar-refractivity contribution in [3.8, 4) is 0 Å².